The average Bonchev–Trinajstić information content (AvgIpc) is 2.96. The van der Waals surface area contributed by atoms with E-state index in [2.05, 4.69) is 25.5 Å². The third-order valence-corrected chi connectivity index (χ3v) is 6.71. The summed E-state index contributed by atoms with van der Waals surface area (Å²) in [7, 11) is 0. The monoisotopic (exact) mass is 507 g/mol. The number of carbonyl (C=O) groups is 1. The van der Waals surface area contributed by atoms with Gasteiger partial charge in [0.2, 0.25) is 5.95 Å². The van der Waals surface area contributed by atoms with Crippen LogP contribution in [-0.4, -0.2) is 47.0 Å². The highest BCUT2D eigenvalue weighted by Crippen LogP contribution is 2.24. The second-order valence-electron chi connectivity index (χ2n) is 9.52. The first-order valence-corrected chi connectivity index (χ1v) is 13.2. The van der Waals surface area contributed by atoms with Gasteiger partial charge >= 0.3 is 0 Å². The number of amides is 1. The predicted molar refractivity (Wildman–Crippen MR) is 152 cm³/mol. The van der Waals surface area contributed by atoms with Crippen molar-refractivity contribution in [2.24, 2.45) is 0 Å². The topological polar surface area (TPSA) is 79.4 Å². The normalized spacial score (nSPS) is 13.6. The quantitative estimate of drug-likeness (QED) is 0.276. The van der Waals surface area contributed by atoms with E-state index in [1.807, 2.05) is 73.7 Å². The smallest absolute Gasteiger partial charge is 0.255 e. The van der Waals surface area contributed by atoms with Crippen LogP contribution in [0.15, 0.2) is 85.1 Å². The number of piperidine rings is 1. The number of rotatable bonds is 9. The van der Waals surface area contributed by atoms with E-state index in [1.165, 1.54) is 19.3 Å². The van der Waals surface area contributed by atoms with Crippen molar-refractivity contribution in [1.29, 1.82) is 0 Å². The van der Waals surface area contributed by atoms with E-state index in [9.17, 15) is 4.79 Å². The largest absolute Gasteiger partial charge is 0.492 e. The van der Waals surface area contributed by atoms with Crippen molar-refractivity contribution in [2.45, 2.75) is 26.2 Å². The van der Waals surface area contributed by atoms with Crippen LogP contribution in [0.4, 0.5) is 17.3 Å². The summed E-state index contributed by atoms with van der Waals surface area (Å²) >= 11 is 0. The van der Waals surface area contributed by atoms with Crippen LogP contribution in [0.25, 0.3) is 11.3 Å². The summed E-state index contributed by atoms with van der Waals surface area (Å²) in [5.41, 5.74) is 4.95. The Kier molecular flexibility index (Phi) is 8.26. The molecule has 1 saturated heterocycles. The van der Waals surface area contributed by atoms with Crippen molar-refractivity contribution in [3.63, 3.8) is 0 Å². The lowest BCUT2D eigenvalue weighted by Crippen LogP contribution is -2.33. The number of aryl methyl sites for hydroxylation is 1. The van der Waals surface area contributed by atoms with Crippen LogP contribution in [0.1, 0.15) is 35.2 Å². The first kappa shape index (κ1) is 25.4. The molecule has 1 aromatic heterocycles. The minimum absolute atomic E-state index is 0.174. The molecule has 0 unspecified atom stereocenters. The Morgan fingerprint density at radius 2 is 1.74 bits per heavy atom. The molecule has 7 nitrogen and oxygen atoms in total. The number of hydrogen-bond acceptors (Lipinski definition) is 6. The molecule has 1 aliphatic rings. The Labute approximate surface area is 223 Å². The third kappa shape index (κ3) is 6.75. The lowest BCUT2D eigenvalue weighted by atomic mass is 10.1. The molecule has 0 spiro atoms. The van der Waals surface area contributed by atoms with Gasteiger partial charge in [-0.2, -0.15) is 0 Å². The van der Waals surface area contributed by atoms with Gasteiger partial charge in [0, 0.05) is 41.3 Å². The SMILES string of the molecule is Cc1ccc(OCCN2CCCCC2)cc1NC(=O)c1ccc(Nc2nccc(-c3ccccc3)n2)cc1. The molecular formula is C31H33N5O2. The van der Waals surface area contributed by atoms with E-state index in [1.54, 1.807) is 18.3 Å². The number of benzene rings is 3. The maximum absolute atomic E-state index is 13.0. The van der Waals surface area contributed by atoms with Crippen molar-refractivity contribution in [1.82, 2.24) is 14.9 Å². The zero-order valence-corrected chi connectivity index (χ0v) is 21.7. The summed E-state index contributed by atoms with van der Waals surface area (Å²) in [6.07, 6.45) is 5.60. The molecule has 5 rings (SSSR count). The Hall–Kier alpha value is -4.23. The first-order valence-electron chi connectivity index (χ1n) is 13.2. The number of aromatic nitrogens is 2. The number of likely N-dealkylation sites (tertiary alicyclic amines) is 1. The van der Waals surface area contributed by atoms with Crippen LogP contribution in [0, 0.1) is 6.92 Å². The molecule has 194 valence electrons. The fourth-order valence-electron chi connectivity index (χ4n) is 4.52. The second kappa shape index (κ2) is 12.3. The lowest BCUT2D eigenvalue weighted by Gasteiger charge is -2.26. The predicted octanol–water partition coefficient (Wildman–Crippen LogP) is 6.31. The second-order valence-corrected chi connectivity index (χ2v) is 9.52. The Morgan fingerprint density at radius 1 is 0.947 bits per heavy atom. The summed E-state index contributed by atoms with van der Waals surface area (Å²) in [6.45, 7) is 5.85. The van der Waals surface area contributed by atoms with Gasteiger partial charge in [0.05, 0.1) is 5.69 Å². The van der Waals surface area contributed by atoms with Crippen LogP contribution in [0.3, 0.4) is 0 Å². The summed E-state index contributed by atoms with van der Waals surface area (Å²) in [5, 5.41) is 6.24. The van der Waals surface area contributed by atoms with Gasteiger partial charge in [0.25, 0.3) is 5.91 Å². The fourth-order valence-corrected chi connectivity index (χ4v) is 4.52. The highest BCUT2D eigenvalue weighted by atomic mass is 16.5. The maximum atomic E-state index is 13.0. The van der Waals surface area contributed by atoms with E-state index in [0.29, 0.717) is 18.1 Å². The molecule has 0 radical (unpaired) electrons. The molecule has 0 saturated carbocycles. The van der Waals surface area contributed by atoms with Gasteiger partial charge in [0.15, 0.2) is 0 Å². The number of nitrogens with one attached hydrogen (secondary N) is 2. The van der Waals surface area contributed by atoms with Crippen LogP contribution >= 0.6 is 0 Å². The number of hydrogen-bond donors (Lipinski definition) is 2. The Balaban J connectivity index is 1.18. The van der Waals surface area contributed by atoms with Crippen LogP contribution in [-0.2, 0) is 0 Å². The van der Waals surface area contributed by atoms with Crippen molar-refractivity contribution in [3.05, 3.63) is 96.2 Å². The Bertz CT molecular complexity index is 1350. The number of anilines is 3. The zero-order chi connectivity index (χ0) is 26.2. The molecule has 3 aromatic carbocycles. The number of carbonyl (C=O) groups excluding carboxylic acids is 1. The van der Waals surface area contributed by atoms with Gasteiger partial charge in [-0.1, -0.05) is 42.8 Å². The van der Waals surface area contributed by atoms with Gasteiger partial charge in [-0.05, 0) is 74.8 Å². The van der Waals surface area contributed by atoms with E-state index in [-0.39, 0.29) is 5.91 Å². The molecule has 38 heavy (non-hydrogen) atoms. The van der Waals surface area contributed by atoms with E-state index in [4.69, 9.17) is 4.74 Å². The lowest BCUT2D eigenvalue weighted by molar-refractivity contribution is 0.102. The summed E-state index contributed by atoms with van der Waals surface area (Å²) < 4.78 is 5.99. The highest BCUT2D eigenvalue weighted by Gasteiger charge is 2.12. The molecule has 1 aliphatic heterocycles. The van der Waals surface area contributed by atoms with Gasteiger partial charge in [-0.15, -0.1) is 0 Å². The van der Waals surface area contributed by atoms with Gasteiger partial charge in [0.1, 0.15) is 12.4 Å². The summed E-state index contributed by atoms with van der Waals surface area (Å²) in [6, 6.07) is 24.9. The minimum atomic E-state index is -0.174. The molecule has 0 atom stereocenters. The molecule has 2 heterocycles. The van der Waals surface area contributed by atoms with Gasteiger partial charge in [-0.25, -0.2) is 9.97 Å². The van der Waals surface area contributed by atoms with Crippen molar-refractivity contribution < 1.29 is 9.53 Å². The molecular weight excluding hydrogens is 474 g/mol. The van der Waals surface area contributed by atoms with Crippen LogP contribution in [0.5, 0.6) is 5.75 Å². The van der Waals surface area contributed by atoms with Crippen LogP contribution in [0.2, 0.25) is 0 Å². The molecule has 1 amide bonds. The number of nitrogens with zero attached hydrogens (tertiary/aromatic N) is 3. The van der Waals surface area contributed by atoms with E-state index >= 15 is 0 Å². The van der Waals surface area contributed by atoms with Crippen molar-refractivity contribution >= 4 is 23.2 Å². The van der Waals surface area contributed by atoms with Crippen molar-refractivity contribution in [3.8, 4) is 17.0 Å². The molecule has 0 bridgehead atoms. The molecule has 1 fully saturated rings. The Morgan fingerprint density at radius 3 is 2.53 bits per heavy atom. The summed E-state index contributed by atoms with van der Waals surface area (Å²) in [5.74, 6) is 1.09. The third-order valence-electron chi connectivity index (χ3n) is 6.71. The maximum Gasteiger partial charge on any atom is 0.255 e. The van der Waals surface area contributed by atoms with Crippen LogP contribution < -0.4 is 15.4 Å². The van der Waals surface area contributed by atoms with Crippen molar-refractivity contribution in [2.75, 3.05) is 36.9 Å². The van der Waals surface area contributed by atoms with Gasteiger partial charge < -0.3 is 15.4 Å². The van der Waals surface area contributed by atoms with E-state index < -0.39 is 0 Å². The molecule has 7 heteroatoms. The van der Waals surface area contributed by atoms with E-state index in [0.717, 1.165) is 53.6 Å². The molecule has 2 N–H and O–H groups in total. The molecule has 4 aromatic rings. The first-order chi connectivity index (χ1) is 18.6. The number of ether oxygens (including phenoxy) is 1. The fraction of sp³-hybridized carbons (Fsp3) is 0.258. The van der Waals surface area contributed by atoms with Gasteiger partial charge in [-0.3, -0.25) is 9.69 Å². The average molecular weight is 508 g/mol. The zero-order valence-electron chi connectivity index (χ0n) is 21.7. The molecule has 0 aliphatic carbocycles. The minimum Gasteiger partial charge on any atom is -0.492 e. The summed E-state index contributed by atoms with van der Waals surface area (Å²) in [4.78, 5) is 24.3. The standard InChI is InChI=1S/C31H33N5O2/c1-23-10-15-27(38-21-20-36-18-6-3-7-19-36)22-29(23)34-30(37)25-11-13-26(14-12-25)33-31-32-17-16-28(35-31)24-8-4-2-5-9-24/h2,4-5,8-17,22H,3,6-7,18-21H2,1H3,(H,34,37)(H,32,33,35). The highest BCUT2D eigenvalue weighted by molar-refractivity contribution is 6.05.